The molecule has 0 spiro atoms. The summed E-state index contributed by atoms with van der Waals surface area (Å²) in [6.07, 6.45) is -2.16. The van der Waals surface area contributed by atoms with Crippen LogP contribution in [0.3, 0.4) is 0 Å². The molecule has 2 unspecified atom stereocenters. The largest absolute Gasteiger partial charge is 0.464 e. The predicted molar refractivity (Wildman–Crippen MR) is 51.6 cm³/mol. The molecular formula is C10H19FO3. The van der Waals surface area contributed by atoms with Crippen LogP contribution in [0.5, 0.6) is 0 Å². The number of ether oxygens (including phenoxy) is 1. The highest BCUT2D eigenvalue weighted by Gasteiger charge is 2.27. The van der Waals surface area contributed by atoms with Gasteiger partial charge >= 0.3 is 5.97 Å². The molecule has 0 aromatic carbocycles. The number of alkyl halides is 1. The molecule has 1 N–H and O–H groups in total. The van der Waals surface area contributed by atoms with Crippen LogP contribution < -0.4 is 0 Å². The molecule has 3 nitrogen and oxygen atoms in total. The van der Waals surface area contributed by atoms with Crippen molar-refractivity contribution >= 4 is 5.97 Å². The lowest BCUT2D eigenvalue weighted by Crippen LogP contribution is -2.31. The van der Waals surface area contributed by atoms with Crippen LogP contribution in [-0.2, 0) is 9.53 Å². The summed E-state index contributed by atoms with van der Waals surface area (Å²) in [5, 5.41) is 9.29. The van der Waals surface area contributed by atoms with Crippen molar-refractivity contribution in [1.29, 1.82) is 0 Å². The number of carbonyl (C=O) groups is 1. The lowest BCUT2D eigenvalue weighted by Gasteiger charge is -2.15. The molecule has 84 valence electrons. The van der Waals surface area contributed by atoms with E-state index in [0.29, 0.717) is 12.3 Å². The molecule has 0 aromatic heterocycles. The van der Waals surface area contributed by atoms with E-state index < -0.39 is 18.2 Å². The fourth-order valence-corrected chi connectivity index (χ4v) is 1.03. The normalized spacial score (nSPS) is 15.3. The Morgan fingerprint density at radius 3 is 2.43 bits per heavy atom. The third kappa shape index (κ3) is 5.17. The minimum atomic E-state index is -1.91. The number of aliphatic hydroxyl groups is 1. The van der Waals surface area contributed by atoms with Crippen LogP contribution in [0.15, 0.2) is 0 Å². The first-order chi connectivity index (χ1) is 6.49. The van der Waals surface area contributed by atoms with Gasteiger partial charge in [-0.05, 0) is 25.7 Å². The van der Waals surface area contributed by atoms with Crippen LogP contribution in [0.4, 0.5) is 4.39 Å². The second-order valence-corrected chi connectivity index (χ2v) is 3.69. The smallest absolute Gasteiger partial charge is 0.343 e. The Hall–Kier alpha value is -0.640. The Balaban J connectivity index is 3.85. The van der Waals surface area contributed by atoms with Gasteiger partial charge in [0, 0.05) is 0 Å². The number of halogens is 1. The van der Waals surface area contributed by atoms with Crippen molar-refractivity contribution in [3.63, 3.8) is 0 Å². The van der Waals surface area contributed by atoms with Crippen molar-refractivity contribution in [2.45, 2.75) is 45.9 Å². The molecule has 0 saturated heterocycles. The van der Waals surface area contributed by atoms with Crippen LogP contribution >= 0.6 is 0 Å². The molecule has 0 radical (unpaired) electrons. The summed E-state index contributed by atoms with van der Waals surface area (Å²) in [4.78, 5) is 10.9. The minimum Gasteiger partial charge on any atom is -0.464 e. The molecule has 0 amide bonds. The van der Waals surface area contributed by atoms with Gasteiger partial charge in [-0.1, -0.05) is 13.8 Å². The molecule has 0 fully saturated rings. The zero-order valence-corrected chi connectivity index (χ0v) is 9.00. The molecule has 0 saturated carbocycles. The second-order valence-electron chi connectivity index (χ2n) is 3.69. The predicted octanol–water partition coefficient (Wildman–Crippen LogP) is 1.68. The molecular weight excluding hydrogens is 187 g/mol. The summed E-state index contributed by atoms with van der Waals surface area (Å²) in [6.45, 7) is 5.69. The van der Waals surface area contributed by atoms with Gasteiger partial charge in [0.2, 0.25) is 6.17 Å². The van der Waals surface area contributed by atoms with E-state index in [-0.39, 0.29) is 13.0 Å². The van der Waals surface area contributed by atoms with E-state index in [1.165, 1.54) is 0 Å². The third-order valence-electron chi connectivity index (χ3n) is 1.89. The summed E-state index contributed by atoms with van der Waals surface area (Å²) in [6, 6.07) is 0. The van der Waals surface area contributed by atoms with Crippen molar-refractivity contribution < 1.29 is 19.0 Å². The first-order valence-electron chi connectivity index (χ1n) is 4.97. The number of carbonyl (C=O) groups excluding carboxylic acids is 1. The summed E-state index contributed by atoms with van der Waals surface area (Å²) in [5.41, 5.74) is 0. The van der Waals surface area contributed by atoms with Gasteiger partial charge in [-0.2, -0.15) is 0 Å². The van der Waals surface area contributed by atoms with Crippen molar-refractivity contribution in [1.82, 2.24) is 0 Å². The van der Waals surface area contributed by atoms with Crippen LogP contribution in [0, 0.1) is 5.92 Å². The lowest BCUT2D eigenvalue weighted by molar-refractivity contribution is -0.153. The molecule has 0 aliphatic rings. The Bertz CT molecular complexity index is 171. The quantitative estimate of drug-likeness (QED) is 0.673. The van der Waals surface area contributed by atoms with Crippen LogP contribution in [0.1, 0.15) is 33.6 Å². The molecule has 0 rings (SSSR count). The van der Waals surface area contributed by atoms with Crippen molar-refractivity contribution in [3.05, 3.63) is 0 Å². The van der Waals surface area contributed by atoms with Gasteiger partial charge in [0.15, 0.2) is 0 Å². The van der Waals surface area contributed by atoms with Gasteiger partial charge < -0.3 is 9.84 Å². The minimum absolute atomic E-state index is 0.135. The van der Waals surface area contributed by atoms with Gasteiger partial charge in [-0.25, -0.2) is 9.18 Å². The number of rotatable bonds is 6. The number of esters is 1. The standard InChI is InChI=1S/C10H19FO3/c1-4-14-10(13)9(11)8(12)6-5-7(2)3/h7-9,12H,4-6H2,1-3H3. The SMILES string of the molecule is CCOC(=O)C(F)C(O)CCC(C)C. The van der Waals surface area contributed by atoms with E-state index >= 15 is 0 Å². The van der Waals surface area contributed by atoms with Crippen LogP contribution in [0.2, 0.25) is 0 Å². The molecule has 4 heteroatoms. The molecule has 14 heavy (non-hydrogen) atoms. The highest BCUT2D eigenvalue weighted by Crippen LogP contribution is 2.12. The Labute approximate surface area is 84.3 Å². The average molecular weight is 206 g/mol. The van der Waals surface area contributed by atoms with E-state index in [9.17, 15) is 14.3 Å². The Morgan fingerprint density at radius 2 is 2.00 bits per heavy atom. The van der Waals surface area contributed by atoms with Gasteiger partial charge in [0.1, 0.15) is 0 Å². The van der Waals surface area contributed by atoms with E-state index in [4.69, 9.17) is 0 Å². The molecule has 0 heterocycles. The zero-order valence-electron chi connectivity index (χ0n) is 9.00. The molecule has 0 bridgehead atoms. The number of hydrogen-bond acceptors (Lipinski definition) is 3. The Kier molecular flexibility index (Phi) is 6.45. The van der Waals surface area contributed by atoms with E-state index in [1.54, 1.807) is 6.92 Å². The van der Waals surface area contributed by atoms with Gasteiger partial charge in [0.25, 0.3) is 0 Å². The molecule has 0 aromatic rings. The highest BCUT2D eigenvalue weighted by molar-refractivity contribution is 5.75. The van der Waals surface area contributed by atoms with Crippen molar-refractivity contribution in [3.8, 4) is 0 Å². The Morgan fingerprint density at radius 1 is 1.43 bits per heavy atom. The molecule has 2 atom stereocenters. The van der Waals surface area contributed by atoms with Crippen molar-refractivity contribution in [2.24, 2.45) is 5.92 Å². The fraction of sp³-hybridized carbons (Fsp3) is 0.900. The average Bonchev–Trinajstić information content (AvgIpc) is 2.13. The summed E-state index contributed by atoms with van der Waals surface area (Å²) < 4.78 is 17.6. The molecule has 0 aliphatic heterocycles. The summed E-state index contributed by atoms with van der Waals surface area (Å²) >= 11 is 0. The van der Waals surface area contributed by atoms with Crippen LogP contribution in [-0.4, -0.2) is 30.0 Å². The van der Waals surface area contributed by atoms with E-state index in [1.807, 2.05) is 13.8 Å². The molecule has 0 aliphatic carbocycles. The van der Waals surface area contributed by atoms with E-state index in [2.05, 4.69) is 4.74 Å². The zero-order chi connectivity index (χ0) is 11.1. The first kappa shape index (κ1) is 13.4. The van der Waals surface area contributed by atoms with Crippen molar-refractivity contribution in [2.75, 3.05) is 6.61 Å². The summed E-state index contributed by atoms with van der Waals surface area (Å²) in [7, 11) is 0. The lowest BCUT2D eigenvalue weighted by atomic mass is 10.0. The van der Waals surface area contributed by atoms with E-state index in [0.717, 1.165) is 0 Å². The highest BCUT2D eigenvalue weighted by atomic mass is 19.1. The first-order valence-corrected chi connectivity index (χ1v) is 4.97. The topological polar surface area (TPSA) is 46.5 Å². The monoisotopic (exact) mass is 206 g/mol. The second kappa shape index (κ2) is 6.76. The number of hydrogen-bond donors (Lipinski definition) is 1. The van der Waals surface area contributed by atoms with Crippen LogP contribution in [0.25, 0.3) is 0 Å². The number of aliphatic hydroxyl groups excluding tert-OH is 1. The summed E-state index contributed by atoms with van der Waals surface area (Å²) in [5.74, 6) is -0.581. The van der Waals surface area contributed by atoms with Gasteiger partial charge in [0.05, 0.1) is 12.7 Å². The maximum absolute atomic E-state index is 13.1. The maximum Gasteiger partial charge on any atom is 0.343 e. The third-order valence-corrected chi connectivity index (χ3v) is 1.89. The van der Waals surface area contributed by atoms with Gasteiger partial charge in [-0.3, -0.25) is 0 Å². The fourth-order valence-electron chi connectivity index (χ4n) is 1.03. The van der Waals surface area contributed by atoms with Gasteiger partial charge in [-0.15, -0.1) is 0 Å². The maximum atomic E-state index is 13.1.